The summed E-state index contributed by atoms with van der Waals surface area (Å²) in [5, 5.41) is 21.5. The van der Waals surface area contributed by atoms with Crippen LogP contribution in [0.1, 0.15) is 24.3 Å². The third kappa shape index (κ3) is 2.27. The standard InChI is InChI=1S/C12H12BNO2S/c15-13(16)11-6-9(8-1-2-8)5-10(7-11)12-14-3-4-17-12/h3-8,15-16H,1-2H2. The van der Waals surface area contributed by atoms with E-state index in [1.165, 1.54) is 18.4 Å². The molecule has 0 atom stereocenters. The van der Waals surface area contributed by atoms with Crippen LogP contribution in [0.2, 0.25) is 0 Å². The summed E-state index contributed by atoms with van der Waals surface area (Å²) in [6.07, 6.45) is 4.16. The molecule has 1 aliphatic rings. The molecule has 1 saturated carbocycles. The van der Waals surface area contributed by atoms with Crippen molar-refractivity contribution in [3.63, 3.8) is 0 Å². The minimum atomic E-state index is -1.41. The Morgan fingerprint density at radius 1 is 1.24 bits per heavy atom. The van der Waals surface area contributed by atoms with Crippen LogP contribution in [0.3, 0.4) is 0 Å². The smallest absolute Gasteiger partial charge is 0.423 e. The highest BCUT2D eigenvalue weighted by Crippen LogP contribution is 2.40. The van der Waals surface area contributed by atoms with E-state index in [0.717, 1.165) is 10.6 Å². The molecule has 0 unspecified atom stereocenters. The molecule has 5 heteroatoms. The lowest BCUT2D eigenvalue weighted by atomic mass is 9.78. The minimum Gasteiger partial charge on any atom is -0.423 e. The monoisotopic (exact) mass is 245 g/mol. The minimum absolute atomic E-state index is 0.555. The van der Waals surface area contributed by atoms with E-state index in [1.54, 1.807) is 23.6 Å². The van der Waals surface area contributed by atoms with Crippen LogP contribution in [0, 0.1) is 0 Å². The van der Waals surface area contributed by atoms with Crippen LogP contribution in [0.15, 0.2) is 29.8 Å². The average molecular weight is 245 g/mol. The Kier molecular flexibility index (Phi) is 2.74. The van der Waals surface area contributed by atoms with Crippen molar-refractivity contribution in [3.8, 4) is 10.6 Å². The highest BCUT2D eigenvalue weighted by atomic mass is 32.1. The van der Waals surface area contributed by atoms with Gasteiger partial charge in [-0.3, -0.25) is 0 Å². The summed E-state index contributed by atoms with van der Waals surface area (Å²) in [4.78, 5) is 4.26. The van der Waals surface area contributed by atoms with Gasteiger partial charge in [0, 0.05) is 17.1 Å². The van der Waals surface area contributed by atoms with Gasteiger partial charge in [0.2, 0.25) is 0 Å². The zero-order valence-electron chi connectivity index (χ0n) is 9.21. The van der Waals surface area contributed by atoms with E-state index in [9.17, 15) is 10.0 Å². The second kappa shape index (κ2) is 4.25. The lowest BCUT2D eigenvalue weighted by molar-refractivity contribution is 0.425. The molecule has 3 rings (SSSR count). The number of thiazole rings is 1. The Labute approximate surface area is 104 Å². The van der Waals surface area contributed by atoms with Crippen molar-refractivity contribution < 1.29 is 10.0 Å². The maximum Gasteiger partial charge on any atom is 0.488 e. The molecule has 1 fully saturated rings. The van der Waals surface area contributed by atoms with Gasteiger partial charge in [-0.2, -0.15) is 0 Å². The normalized spacial score (nSPS) is 14.9. The van der Waals surface area contributed by atoms with Gasteiger partial charge in [0.15, 0.2) is 0 Å². The Bertz CT molecular complexity index is 503. The highest BCUT2D eigenvalue weighted by molar-refractivity contribution is 7.13. The fourth-order valence-electron chi connectivity index (χ4n) is 1.97. The van der Waals surface area contributed by atoms with E-state index in [4.69, 9.17) is 0 Å². The predicted octanol–water partition coefficient (Wildman–Crippen LogP) is 1.37. The Morgan fingerprint density at radius 2 is 2.06 bits per heavy atom. The van der Waals surface area contributed by atoms with Crippen LogP contribution in [0.25, 0.3) is 10.6 Å². The van der Waals surface area contributed by atoms with Crippen LogP contribution >= 0.6 is 11.3 Å². The van der Waals surface area contributed by atoms with Gasteiger partial charge in [-0.05, 0) is 35.9 Å². The molecule has 86 valence electrons. The van der Waals surface area contributed by atoms with E-state index in [-0.39, 0.29) is 0 Å². The van der Waals surface area contributed by atoms with Crippen molar-refractivity contribution in [1.82, 2.24) is 4.98 Å². The van der Waals surface area contributed by atoms with E-state index in [2.05, 4.69) is 11.1 Å². The van der Waals surface area contributed by atoms with E-state index in [1.807, 2.05) is 11.4 Å². The van der Waals surface area contributed by atoms with Gasteiger partial charge in [0.25, 0.3) is 0 Å². The van der Waals surface area contributed by atoms with Crippen LogP contribution in [0.5, 0.6) is 0 Å². The Morgan fingerprint density at radius 3 is 2.65 bits per heavy atom. The molecule has 0 aliphatic heterocycles. The maximum absolute atomic E-state index is 9.31. The van der Waals surface area contributed by atoms with Crippen LogP contribution in [-0.2, 0) is 0 Å². The first-order chi connectivity index (χ1) is 8.24. The summed E-state index contributed by atoms with van der Waals surface area (Å²) in [6, 6.07) is 5.80. The van der Waals surface area contributed by atoms with Crippen molar-refractivity contribution in [1.29, 1.82) is 0 Å². The van der Waals surface area contributed by atoms with Crippen molar-refractivity contribution in [2.45, 2.75) is 18.8 Å². The number of hydrogen-bond donors (Lipinski definition) is 2. The summed E-state index contributed by atoms with van der Waals surface area (Å²) in [5.74, 6) is 0.590. The Balaban J connectivity index is 2.08. The summed E-state index contributed by atoms with van der Waals surface area (Å²) >= 11 is 1.56. The van der Waals surface area contributed by atoms with Crippen LogP contribution in [0.4, 0.5) is 0 Å². The topological polar surface area (TPSA) is 53.4 Å². The average Bonchev–Trinajstić information content (AvgIpc) is 3.04. The molecule has 2 N–H and O–H groups in total. The first-order valence-corrected chi connectivity index (χ1v) is 6.53. The van der Waals surface area contributed by atoms with Gasteiger partial charge in [-0.1, -0.05) is 12.1 Å². The van der Waals surface area contributed by atoms with Gasteiger partial charge in [-0.15, -0.1) is 11.3 Å². The number of aromatic nitrogens is 1. The Hall–Kier alpha value is -1.17. The van der Waals surface area contributed by atoms with Gasteiger partial charge < -0.3 is 10.0 Å². The third-order valence-corrected chi connectivity index (χ3v) is 3.83. The quantitative estimate of drug-likeness (QED) is 0.803. The van der Waals surface area contributed by atoms with E-state index < -0.39 is 7.12 Å². The first-order valence-electron chi connectivity index (χ1n) is 5.65. The van der Waals surface area contributed by atoms with E-state index >= 15 is 0 Å². The second-order valence-corrected chi connectivity index (χ2v) is 5.27. The third-order valence-electron chi connectivity index (χ3n) is 3.00. The molecule has 2 aromatic rings. The summed E-state index contributed by atoms with van der Waals surface area (Å²) in [5.41, 5.74) is 2.73. The molecule has 17 heavy (non-hydrogen) atoms. The number of rotatable bonds is 3. The predicted molar refractivity (Wildman–Crippen MR) is 69.4 cm³/mol. The van der Waals surface area contributed by atoms with Crippen molar-refractivity contribution in [2.24, 2.45) is 0 Å². The number of nitrogens with zero attached hydrogens (tertiary/aromatic N) is 1. The van der Waals surface area contributed by atoms with Crippen LogP contribution in [-0.4, -0.2) is 22.2 Å². The molecule has 1 aliphatic carbocycles. The van der Waals surface area contributed by atoms with Crippen molar-refractivity contribution in [2.75, 3.05) is 0 Å². The molecule has 0 spiro atoms. The van der Waals surface area contributed by atoms with Gasteiger partial charge in [0.1, 0.15) is 5.01 Å². The molecule has 1 aromatic heterocycles. The molecule has 0 bridgehead atoms. The molecule has 0 radical (unpaired) electrons. The molecule has 0 amide bonds. The molecule has 3 nitrogen and oxygen atoms in total. The lowest BCUT2D eigenvalue weighted by Crippen LogP contribution is -2.30. The molecule has 0 saturated heterocycles. The highest BCUT2D eigenvalue weighted by Gasteiger charge is 2.26. The van der Waals surface area contributed by atoms with Crippen molar-refractivity contribution in [3.05, 3.63) is 35.3 Å². The SMILES string of the molecule is OB(O)c1cc(-c2nccs2)cc(C2CC2)c1. The molecular weight excluding hydrogens is 233 g/mol. The number of hydrogen-bond acceptors (Lipinski definition) is 4. The summed E-state index contributed by atoms with van der Waals surface area (Å²) < 4.78 is 0. The summed E-state index contributed by atoms with van der Waals surface area (Å²) in [7, 11) is -1.41. The molecule has 1 heterocycles. The maximum atomic E-state index is 9.31. The van der Waals surface area contributed by atoms with Gasteiger partial charge >= 0.3 is 7.12 Å². The fourth-order valence-corrected chi connectivity index (χ4v) is 2.59. The molecule has 1 aromatic carbocycles. The number of benzene rings is 1. The van der Waals surface area contributed by atoms with E-state index in [0.29, 0.717) is 11.4 Å². The zero-order chi connectivity index (χ0) is 11.8. The fraction of sp³-hybridized carbons (Fsp3) is 0.250. The van der Waals surface area contributed by atoms with Crippen LogP contribution < -0.4 is 5.46 Å². The van der Waals surface area contributed by atoms with Gasteiger partial charge in [-0.25, -0.2) is 4.98 Å². The van der Waals surface area contributed by atoms with Gasteiger partial charge in [0.05, 0.1) is 0 Å². The summed E-state index contributed by atoms with van der Waals surface area (Å²) in [6.45, 7) is 0. The molecular formula is C12H12BNO2S. The first kappa shape index (κ1) is 11.0. The zero-order valence-corrected chi connectivity index (χ0v) is 10.0. The largest absolute Gasteiger partial charge is 0.488 e. The lowest BCUT2D eigenvalue weighted by Gasteiger charge is -2.07. The van der Waals surface area contributed by atoms with Crippen molar-refractivity contribution >= 4 is 23.9 Å². The second-order valence-electron chi connectivity index (χ2n) is 4.37.